The molecule has 9 nitrogen and oxygen atoms in total. The first-order valence-corrected chi connectivity index (χ1v) is 31.7. The van der Waals surface area contributed by atoms with E-state index in [-0.39, 0.29) is 68.8 Å². The normalized spacial score (nSPS) is 13.7. The highest BCUT2D eigenvalue weighted by Gasteiger charge is 2.39. The molecule has 0 saturated carbocycles. The van der Waals surface area contributed by atoms with E-state index in [0.29, 0.717) is 12.8 Å². The van der Waals surface area contributed by atoms with Gasteiger partial charge in [0, 0.05) is 25.2 Å². The zero-order chi connectivity index (χ0) is 53.7. The van der Waals surface area contributed by atoms with Crippen LogP contribution in [0.4, 0.5) is 0 Å². The number of rotatable bonds is 53. The monoisotopic (exact) mass is 1040 g/mol. The molecule has 1 aliphatic heterocycles. The van der Waals surface area contributed by atoms with Gasteiger partial charge >= 0.3 is 17.9 Å². The largest absolute Gasteiger partial charge is 0.463 e. The van der Waals surface area contributed by atoms with Crippen LogP contribution in [0.5, 0.6) is 0 Å². The molecule has 1 amide bonds. The van der Waals surface area contributed by atoms with Crippen molar-refractivity contribution in [2.75, 3.05) is 40.0 Å². The van der Waals surface area contributed by atoms with Gasteiger partial charge < -0.3 is 24.4 Å². The third-order valence-electron chi connectivity index (χ3n) is 14.9. The topological polar surface area (TPSA) is 111 Å². The molecule has 1 aliphatic rings. The number of unbranched alkanes of at least 4 members (excludes halogenated alkanes) is 33. The maximum atomic E-state index is 14.0. The van der Waals surface area contributed by atoms with Gasteiger partial charge in [0.25, 0.3) is 0 Å². The molecule has 1 heterocycles. The Hall–Kier alpha value is -2.94. The molecule has 0 unspecified atom stereocenters. The molecule has 0 aromatic heterocycles. The number of allylic oxidation sites excluding steroid dienone is 6. The number of carbonyl (C=O) groups excluding carboxylic acids is 4. The summed E-state index contributed by atoms with van der Waals surface area (Å²) in [5.41, 5.74) is -1.39. The summed E-state index contributed by atoms with van der Waals surface area (Å²) < 4.78 is 17.7. The maximum Gasteiger partial charge on any atom is 0.305 e. The second-order valence-electron chi connectivity index (χ2n) is 22.3. The fourth-order valence-electron chi connectivity index (χ4n) is 9.76. The molecule has 9 heteroatoms. The first-order valence-electron chi connectivity index (χ1n) is 31.7. The first kappa shape index (κ1) is 69.1. The van der Waals surface area contributed by atoms with E-state index in [1.165, 1.54) is 135 Å². The molecule has 0 radical (unpaired) electrons. The average Bonchev–Trinajstić information content (AvgIpc) is 3.40. The lowest BCUT2D eigenvalue weighted by Gasteiger charge is -2.36. The van der Waals surface area contributed by atoms with Gasteiger partial charge in [0.2, 0.25) is 5.91 Å². The Bertz CT molecular complexity index is 1270. The van der Waals surface area contributed by atoms with E-state index in [9.17, 15) is 19.2 Å². The zero-order valence-corrected chi connectivity index (χ0v) is 49.0. The lowest BCUT2D eigenvalue weighted by molar-refractivity contribution is -0.160. The fourth-order valence-corrected chi connectivity index (χ4v) is 9.76. The van der Waals surface area contributed by atoms with Crippen LogP contribution in [-0.4, -0.2) is 74.2 Å². The first-order chi connectivity index (χ1) is 36.2. The van der Waals surface area contributed by atoms with Crippen LogP contribution in [0.3, 0.4) is 0 Å². The Morgan fingerprint density at radius 2 is 0.635 bits per heavy atom. The summed E-state index contributed by atoms with van der Waals surface area (Å²) in [6, 6.07) is 0. The molecule has 0 bridgehead atoms. The van der Waals surface area contributed by atoms with Crippen molar-refractivity contribution >= 4 is 23.8 Å². The van der Waals surface area contributed by atoms with Crippen molar-refractivity contribution in [1.29, 1.82) is 0 Å². The number of hydrogen-bond acceptors (Lipinski definition) is 8. The number of piperidine rings is 1. The number of esters is 3. The van der Waals surface area contributed by atoms with Crippen molar-refractivity contribution in [1.82, 2.24) is 10.2 Å². The van der Waals surface area contributed by atoms with Crippen molar-refractivity contribution < 1.29 is 33.4 Å². The highest BCUT2D eigenvalue weighted by atomic mass is 16.6. The van der Waals surface area contributed by atoms with Crippen molar-refractivity contribution in [2.24, 2.45) is 5.92 Å². The van der Waals surface area contributed by atoms with E-state index < -0.39 is 5.54 Å². The quantitative estimate of drug-likeness (QED) is 0.0278. The Balaban J connectivity index is 2.75. The van der Waals surface area contributed by atoms with Gasteiger partial charge in [0.1, 0.15) is 25.4 Å². The maximum absolute atomic E-state index is 14.0. The minimum Gasteiger partial charge on any atom is -0.463 e. The Kier molecular flexibility index (Phi) is 48.7. The Morgan fingerprint density at radius 1 is 0.392 bits per heavy atom. The predicted molar refractivity (Wildman–Crippen MR) is 312 cm³/mol. The molecule has 1 N–H and O–H groups in total. The van der Waals surface area contributed by atoms with Crippen LogP contribution in [0.15, 0.2) is 36.5 Å². The Labute approximate surface area is 456 Å². The van der Waals surface area contributed by atoms with E-state index in [2.05, 4.69) is 74.5 Å². The molecule has 1 saturated heterocycles. The second-order valence-corrected chi connectivity index (χ2v) is 22.3. The van der Waals surface area contributed by atoms with Gasteiger partial charge in [-0.2, -0.15) is 0 Å². The van der Waals surface area contributed by atoms with Crippen molar-refractivity contribution in [2.45, 2.75) is 309 Å². The second kappa shape index (κ2) is 52.1. The molecular formula is C65H118N2O7. The number of likely N-dealkylation sites (tertiary alicyclic amines) is 1. The molecule has 0 spiro atoms. The minimum atomic E-state index is -1.39. The third kappa shape index (κ3) is 44.2. The van der Waals surface area contributed by atoms with Gasteiger partial charge in [0.05, 0.1) is 0 Å². The van der Waals surface area contributed by atoms with Crippen LogP contribution in [0.1, 0.15) is 303 Å². The number of ether oxygens (including phenoxy) is 3. The third-order valence-corrected chi connectivity index (χ3v) is 14.9. The summed E-state index contributed by atoms with van der Waals surface area (Å²) in [5, 5.41) is 3.14. The molecule has 0 aromatic carbocycles. The van der Waals surface area contributed by atoms with E-state index in [1.54, 1.807) is 0 Å². The van der Waals surface area contributed by atoms with Gasteiger partial charge in [-0.25, -0.2) is 0 Å². The summed E-state index contributed by atoms with van der Waals surface area (Å²) in [6.07, 6.45) is 62.0. The highest BCUT2D eigenvalue weighted by molar-refractivity contribution is 5.80. The smallest absolute Gasteiger partial charge is 0.305 e. The number of carbonyl (C=O) groups is 4. The molecule has 1 fully saturated rings. The molecule has 0 atom stereocenters. The van der Waals surface area contributed by atoms with Crippen molar-refractivity contribution in [3.63, 3.8) is 0 Å². The minimum absolute atomic E-state index is 0.187. The summed E-state index contributed by atoms with van der Waals surface area (Å²) in [5.74, 6) is -1.51. The average molecular weight is 1040 g/mol. The van der Waals surface area contributed by atoms with Crippen LogP contribution >= 0.6 is 0 Å². The number of nitrogens with one attached hydrogen (secondary N) is 1. The lowest BCUT2D eigenvalue weighted by Crippen LogP contribution is -2.60. The van der Waals surface area contributed by atoms with Crippen LogP contribution < -0.4 is 5.32 Å². The lowest BCUT2D eigenvalue weighted by atomic mass is 9.94. The fraction of sp³-hybridized carbons (Fsp3) is 0.846. The summed E-state index contributed by atoms with van der Waals surface area (Å²) >= 11 is 0. The Morgan fingerprint density at radius 3 is 0.905 bits per heavy atom. The highest BCUT2D eigenvalue weighted by Crippen LogP contribution is 2.21. The number of hydrogen-bond donors (Lipinski definition) is 1. The molecule has 74 heavy (non-hydrogen) atoms. The van der Waals surface area contributed by atoms with Gasteiger partial charge in [-0.3, -0.25) is 19.2 Å². The number of amides is 1. The summed E-state index contributed by atoms with van der Waals surface area (Å²) in [6.45, 7) is 7.66. The van der Waals surface area contributed by atoms with Crippen molar-refractivity contribution in [3.05, 3.63) is 36.5 Å². The molecule has 0 aromatic rings. The molecular weight excluding hydrogens is 921 g/mol. The van der Waals surface area contributed by atoms with Gasteiger partial charge in [-0.1, -0.05) is 211 Å². The molecule has 430 valence electrons. The van der Waals surface area contributed by atoms with Crippen molar-refractivity contribution in [3.8, 4) is 0 Å². The molecule has 1 rings (SSSR count). The van der Waals surface area contributed by atoms with Gasteiger partial charge in [0.15, 0.2) is 0 Å². The predicted octanol–water partition coefficient (Wildman–Crippen LogP) is 17.9. The standard InChI is InChI=1S/C65H118N2O7/c1-5-8-11-14-17-20-23-26-29-32-35-38-41-44-47-50-61(68)72-57-65(66-64(71)60-53-55-67(4)56-54-60,58-73-62(69)51-48-45-42-39-36-33-30-27-24-21-18-15-12-9-6-2)59-74-63(70)52-49-46-43-40-37-34-31-28-25-22-19-16-13-10-7-3/h26-31,60H,5-25,32-59H2,1-4H3,(H,66,71)/b29-26-,30-27-,31-28-. The zero-order valence-electron chi connectivity index (χ0n) is 49.0. The molecule has 0 aliphatic carbocycles. The van der Waals surface area contributed by atoms with Gasteiger partial charge in [-0.15, -0.1) is 0 Å². The van der Waals surface area contributed by atoms with Crippen LogP contribution in [0.2, 0.25) is 0 Å². The van der Waals surface area contributed by atoms with E-state index >= 15 is 0 Å². The van der Waals surface area contributed by atoms with E-state index in [0.717, 1.165) is 129 Å². The van der Waals surface area contributed by atoms with Crippen LogP contribution in [0.25, 0.3) is 0 Å². The van der Waals surface area contributed by atoms with E-state index in [1.807, 2.05) is 0 Å². The van der Waals surface area contributed by atoms with E-state index in [4.69, 9.17) is 14.2 Å². The summed E-state index contributed by atoms with van der Waals surface area (Å²) in [7, 11) is 2.05. The SMILES string of the molecule is CCCCCCCC/C=C\CCCCCCCC(=O)OCC(COC(=O)CCCCCCC/C=C\CCCCCCCC)(COC(=O)CCCCCCC/C=C\CCCCCCCC)NC(=O)C1CCN(C)CC1. The summed E-state index contributed by atoms with van der Waals surface area (Å²) in [4.78, 5) is 56.0. The van der Waals surface area contributed by atoms with Crippen LogP contribution in [0, 0.1) is 5.92 Å². The number of nitrogens with zero attached hydrogens (tertiary/aromatic N) is 1. The van der Waals surface area contributed by atoms with Crippen LogP contribution in [-0.2, 0) is 33.4 Å². The van der Waals surface area contributed by atoms with Gasteiger partial charge in [-0.05, 0) is 129 Å².